The zero-order valence-electron chi connectivity index (χ0n) is 14.0. The van der Waals surface area contributed by atoms with Gasteiger partial charge in [-0.05, 0) is 56.5 Å². The average Bonchev–Trinajstić information content (AvgIpc) is 2.48. The van der Waals surface area contributed by atoms with Crippen molar-refractivity contribution in [2.45, 2.75) is 65.0 Å². The van der Waals surface area contributed by atoms with Gasteiger partial charge in [0, 0.05) is 6.04 Å². The predicted octanol–water partition coefficient (Wildman–Crippen LogP) is 4.29. The van der Waals surface area contributed by atoms with Crippen LogP contribution in [0.3, 0.4) is 0 Å². The Morgan fingerprint density at radius 3 is 1.95 bits per heavy atom. The van der Waals surface area contributed by atoms with Crippen LogP contribution in [0, 0.1) is 5.82 Å². The van der Waals surface area contributed by atoms with Gasteiger partial charge in [0.05, 0.1) is 5.54 Å². The Bertz CT molecular complexity index is 398. The number of rotatable bonds is 9. The van der Waals surface area contributed by atoms with Crippen molar-refractivity contribution in [1.29, 1.82) is 0 Å². The Balaban J connectivity index is 3.13. The van der Waals surface area contributed by atoms with Gasteiger partial charge >= 0.3 is 0 Å². The van der Waals surface area contributed by atoms with Gasteiger partial charge in [0.2, 0.25) is 0 Å². The lowest BCUT2D eigenvalue weighted by molar-refractivity contribution is 0.109. The third-order valence-electron chi connectivity index (χ3n) is 4.41. The van der Waals surface area contributed by atoms with E-state index in [0.29, 0.717) is 0 Å². The molecule has 0 radical (unpaired) electrons. The molecule has 0 aliphatic heterocycles. The molecule has 0 saturated heterocycles. The van der Waals surface area contributed by atoms with Gasteiger partial charge in [0.25, 0.3) is 0 Å². The Kier molecular flexibility index (Phi) is 7.33. The number of nitrogens with zero attached hydrogens (tertiary/aromatic N) is 1. The van der Waals surface area contributed by atoms with Crippen molar-refractivity contribution in [1.82, 2.24) is 4.90 Å². The molecule has 0 heterocycles. The standard InChI is InChI=1S/C18H31FN2/c1-5-13-21(14-6-2)17(7-3)18(20,8-4)15-9-11-16(19)12-10-15/h9-12,17H,5-8,13-14,20H2,1-4H3. The molecule has 3 heteroatoms. The largest absolute Gasteiger partial charge is 0.320 e. The second-order valence-corrected chi connectivity index (χ2v) is 5.86. The molecule has 2 unspecified atom stereocenters. The van der Waals surface area contributed by atoms with Crippen molar-refractivity contribution in [3.05, 3.63) is 35.6 Å². The highest BCUT2D eigenvalue weighted by Gasteiger charge is 2.37. The van der Waals surface area contributed by atoms with E-state index < -0.39 is 5.54 Å². The van der Waals surface area contributed by atoms with Crippen molar-refractivity contribution in [3.8, 4) is 0 Å². The molecule has 0 aromatic heterocycles. The quantitative estimate of drug-likeness (QED) is 0.736. The summed E-state index contributed by atoms with van der Waals surface area (Å²) in [6.45, 7) is 10.9. The van der Waals surface area contributed by atoms with E-state index in [9.17, 15) is 4.39 Å². The maximum Gasteiger partial charge on any atom is 0.123 e. The van der Waals surface area contributed by atoms with Gasteiger partial charge in [-0.2, -0.15) is 0 Å². The summed E-state index contributed by atoms with van der Waals surface area (Å²) in [5, 5.41) is 0. The maximum absolute atomic E-state index is 13.2. The molecule has 21 heavy (non-hydrogen) atoms. The van der Waals surface area contributed by atoms with Crippen LogP contribution in [0.25, 0.3) is 0 Å². The zero-order chi connectivity index (χ0) is 15.9. The molecule has 0 saturated carbocycles. The Morgan fingerprint density at radius 1 is 1.05 bits per heavy atom. The molecule has 0 aliphatic carbocycles. The summed E-state index contributed by atoms with van der Waals surface area (Å²) >= 11 is 0. The minimum atomic E-state index is -0.424. The summed E-state index contributed by atoms with van der Waals surface area (Å²) in [6, 6.07) is 7.01. The maximum atomic E-state index is 13.2. The van der Waals surface area contributed by atoms with Crippen LogP contribution >= 0.6 is 0 Å². The van der Waals surface area contributed by atoms with Crippen LogP contribution in [0.15, 0.2) is 24.3 Å². The van der Waals surface area contributed by atoms with E-state index in [0.717, 1.165) is 44.3 Å². The lowest BCUT2D eigenvalue weighted by atomic mass is 9.79. The first-order chi connectivity index (χ1) is 10.0. The van der Waals surface area contributed by atoms with E-state index in [4.69, 9.17) is 5.73 Å². The molecule has 0 spiro atoms. The predicted molar refractivity (Wildman–Crippen MR) is 88.8 cm³/mol. The summed E-state index contributed by atoms with van der Waals surface area (Å²) in [4.78, 5) is 2.51. The first-order valence-electron chi connectivity index (χ1n) is 8.32. The van der Waals surface area contributed by atoms with Gasteiger partial charge in [-0.25, -0.2) is 4.39 Å². The van der Waals surface area contributed by atoms with Gasteiger partial charge in [0.1, 0.15) is 5.82 Å². The fourth-order valence-corrected chi connectivity index (χ4v) is 3.34. The second kappa shape index (κ2) is 8.50. The molecule has 2 N–H and O–H groups in total. The van der Waals surface area contributed by atoms with Crippen LogP contribution in [0.4, 0.5) is 4.39 Å². The van der Waals surface area contributed by atoms with Crippen LogP contribution < -0.4 is 5.73 Å². The summed E-state index contributed by atoms with van der Waals surface area (Å²) in [7, 11) is 0. The third-order valence-corrected chi connectivity index (χ3v) is 4.41. The minimum Gasteiger partial charge on any atom is -0.320 e. The van der Waals surface area contributed by atoms with E-state index >= 15 is 0 Å². The fourth-order valence-electron chi connectivity index (χ4n) is 3.34. The highest BCUT2D eigenvalue weighted by atomic mass is 19.1. The second-order valence-electron chi connectivity index (χ2n) is 5.86. The van der Waals surface area contributed by atoms with Crippen LogP contribution in [-0.2, 0) is 5.54 Å². The number of hydrogen-bond acceptors (Lipinski definition) is 2. The molecule has 1 aromatic carbocycles. The summed E-state index contributed by atoms with van der Waals surface area (Å²) < 4.78 is 13.2. The van der Waals surface area contributed by atoms with Crippen LogP contribution in [0.1, 0.15) is 58.9 Å². The molecule has 120 valence electrons. The van der Waals surface area contributed by atoms with Gasteiger partial charge in [-0.1, -0.05) is 39.8 Å². The SMILES string of the molecule is CCCN(CCC)C(CC)C(N)(CC)c1ccc(F)cc1. The van der Waals surface area contributed by atoms with Crippen molar-refractivity contribution < 1.29 is 4.39 Å². The first kappa shape index (κ1) is 18.1. The highest BCUT2D eigenvalue weighted by molar-refractivity contribution is 5.27. The van der Waals surface area contributed by atoms with Crippen molar-refractivity contribution in [3.63, 3.8) is 0 Å². The average molecular weight is 294 g/mol. The lowest BCUT2D eigenvalue weighted by Gasteiger charge is -2.44. The molecule has 0 fully saturated rings. The summed E-state index contributed by atoms with van der Waals surface area (Å²) in [6.07, 6.45) is 4.10. The number of benzene rings is 1. The van der Waals surface area contributed by atoms with E-state index in [1.165, 1.54) is 12.1 Å². The van der Waals surface area contributed by atoms with E-state index in [2.05, 4.69) is 32.6 Å². The van der Waals surface area contributed by atoms with Gasteiger partial charge < -0.3 is 5.73 Å². The van der Waals surface area contributed by atoms with Crippen LogP contribution in [-0.4, -0.2) is 24.0 Å². The molecule has 2 atom stereocenters. The van der Waals surface area contributed by atoms with Crippen LogP contribution in [0.5, 0.6) is 0 Å². The molecule has 1 aromatic rings. The van der Waals surface area contributed by atoms with Crippen molar-refractivity contribution in [2.75, 3.05) is 13.1 Å². The van der Waals surface area contributed by atoms with E-state index in [-0.39, 0.29) is 11.9 Å². The lowest BCUT2D eigenvalue weighted by Crippen LogP contribution is -2.56. The number of halogens is 1. The highest BCUT2D eigenvalue weighted by Crippen LogP contribution is 2.31. The van der Waals surface area contributed by atoms with Gasteiger partial charge in [-0.15, -0.1) is 0 Å². The van der Waals surface area contributed by atoms with Gasteiger partial charge in [0.15, 0.2) is 0 Å². The van der Waals surface area contributed by atoms with E-state index in [1.807, 2.05) is 12.1 Å². The minimum absolute atomic E-state index is 0.204. The zero-order valence-corrected chi connectivity index (χ0v) is 14.0. The molecule has 0 amide bonds. The number of hydrogen-bond donors (Lipinski definition) is 1. The molecular formula is C18H31FN2. The van der Waals surface area contributed by atoms with Gasteiger partial charge in [-0.3, -0.25) is 4.90 Å². The molecule has 0 bridgehead atoms. The summed E-state index contributed by atoms with van der Waals surface area (Å²) in [5.41, 5.74) is 7.43. The van der Waals surface area contributed by atoms with E-state index in [1.54, 1.807) is 0 Å². The fraction of sp³-hybridized carbons (Fsp3) is 0.667. The third kappa shape index (κ3) is 4.27. The molecule has 1 rings (SSSR count). The van der Waals surface area contributed by atoms with Crippen molar-refractivity contribution >= 4 is 0 Å². The topological polar surface area (TPSA) is 29.3 Å². The Morgan fingerprint density at radius 2 is 1.57 bits per heavy atom. The Labute approximate surface area is 129 Å². The monoisotopic (exact) mass is 294 g/mol. The summed E-state index contributed by atoms with van der Waals surface area (Å²) in [5.74, 6) is -0.204. The van der Waals surface area contributed by atoms with Crippen LogP contribution in [0.2, 0.25) is 0 Å². The normalized spacial score (nSPS) is 16.0. The molecular weight excluding hydrogens is 263 g/mol. The van der Waals surface area contributed by atoms with Crippen molar-refractivity contribution in [2.24, 2.45) is 5.73 Å². The molecule has 0 aliphatic rings. The smallest absolute Gasteiger partial charge is 0.123 e. The Hall–Kier alpha value is -0.930. The molecule has 2 nitrogen and oxygen atoms in total. The number of nitrogens with two attached hydrogens (primary N) is 1. The first-order valence-corrected chi connectivity index (χ1v) is 8.32.